The first-order valence-corrected chi connectivity index (χ1v) is 7.10. The van der Waals surface area contributed by atoms with E-state index in [9.17, 15) is 4.79 Å². The molecule has 0 aliphatic heterocycles. The Morgan fingerprint density at radius 3 is 2.89 bits per heavy atom. The summed E-state index contributed by atoms with van der Waals surface area (Å²) >= 11 is 1.66. The highest BCUT2D eigenvalue weighted by molar-refractivity contribution is 7.10. The van der Waals surface area contributed by atoms with Gasteiger partial charge in [-0.3, -0.25) is 9.78 Å². The van der Waals surface area contributed by atoms with E-state index in [1.165, 1.54) is 4.88 Å². The van der Waals surface area contributed by atoms with Gasteiger partial charge in [0.1, 0.15) is 0 Å². The number of nitrogens with one attached hydrogen (secondary N) is 1. The molecule has 100 valence electrons. The molecule has 3 N–H and O–H groups in total. The minimum Gasteiger partial charge on any atom is -0.397 e. The average molecular weight is 275 g/mol. The largest absolute Gasteiger partial charge is 0.397 e. The van der Waals surface area contributed by atoms with Crippen LogP contribution in [0.1, 0.15) is 30.0 Å². The summed E-state index contributed by atoms with van der Waals surface area (Å²) in [5, 5.41) is 5.05. The lowest BCUT2D eigenvalue weighted by Gasteiger charge is -2.15. The fourth-order valence-corrected chi connectivity index (χ4v) is 2.68. The zero-order valence-corrected chi connectivity index (χ0v) is 11.6. The lowest BCUT2D eigenvalue weighted by Crippen LogP contribution is -2.29. The summed E-state index contributed by atoms with van der Waals surface area (Å²) in [6.45, 7) is 2.06. The maximum Gasteiger partial charge on any atom is 0.226 e. The molecule has 4 nitrogen and oxygen atoms in total. The van der Waals surface area contributed by atoms with Crippen LogP contribution in [0.5, 0.6) is 0 Å². The normalized spacial score (nSPS) is 12.1. The van der Waals surface area contributed by atoms with Crippen LogP contribution in [0.15, 0.2) is 35.8 Å². The standard InChI is InChI=1S/C14H17N3OS/c1-2-12(13-4-3-7-19-13)17-14(18)8-11-6-5-10(15)9-16-11/h3-7,9,12H,2,8,15H2,1H3,(H,17,18). The number of carbonyl (C=O) groups excluding carboxylic acids is 1. The number of pyridine rings is 1. The molecule has 1 atom stereocenters. The molecule has 0 bridgehead atoms. The number of nitrogens with two attached hydrogens (primary N) is 1. The summed E-state index contributed by atoms with van der Waals surface area (Å²) in [5.41, 5.74) is 6.90. The van der Waals surface area contributed by atoms with Gasteiger partial charge in [0.05, 0.1) is 24.3 Å². The number of carbonyl (C=O) groups is 1. The van der Waals surface area contributed by atoms with Crippen LogP contribution in [0.3, 0.4) is 0 Å². The number of aromatic nitrogens is 1. The molecule has 0 aliphatic rings. The Morgan fingerprint density at radius 1 is 1.47 bits per heavy atom. The van der Waals surface area contributed by atoms with Crippen molar-refractivity contribution < 1.29 is 4.79 Å². The highest BCUT2D eigenvalue weighted by Gasteiger charge is 2.14. The SMILES string of the molecule is CCC(NC(=O)Cc1ccc(N)cn1)c1cccs1. The Hall–Kier alpha value is -1.88. The van der Waals surface area contributed by atoms with E-state index in [1.807, 2.05) is 17.5 Å². The second kappa shape index (κ2) is 6.33. The minimum atomic E-state index is -0.0162. The van der Waals surface area contributed by atoms with Crippen molar-refractivity contribution in [1.82, 2.24) is 10.3 Å². The quantitative estimate of drug-likeness (QED) is 0.881. The van der Waals surface area contributed by atoms with Crippen molar-refractivity contribution >= 4 is 22.9 Å². The second-order valence-electron chi connectivity index (χ2n) is 4.30. The Labute approximate surface area is 116 Å². The lowest BCUT2D eigenvalue weighted by atomic mass is 10.1. The third-order valence-electron chi connectivity index (χ3n) is 2.82. The highest BCUT2D eigenvalue weighted by atomic mass is 32.1. The van der Waals surface area contributed by atoms with E-state index >= 15 is 0 Å². The lowest BCUT2D eigenvalue weighted by molar-refractivity contribution is -0.121. The molecule has 2 aromatic rings. The predicted molar refractivity (Wildman–Crippen MR) is 77.8 cm³/mol. The summed E-state index contributed by atoms with van der Waals surface area (Å²) in [6, 6.07) is 7.66. The van der Waals surface area contributed by atoms with Gasteiger partial charge in [0.25, 0.3) is 0 Å². The predicted octanol–water partition coefficient (Wildman–Crippen LogP) is 2.54. The molecule has 19 heavy (non-hydrogen) atoms. The van der Waals surface area contributed by atoms with Crippen molar-refractivity contribution in [2.75, 3.05) is 5.73 Å². The molecule has 0 aliphatic carbocycles. The Morgan fingerprint density at radius 2 is 2.32 bits per heavy atom. The number of nitrogens with zero attached hydrogens (tertiary/aromatic N) is 1. The first-order chi connectivity index (χ1) is 9.19. The summed E-state index contributed by atoms with van der Waals surface area (Å²) in [4.78, 5) is 17.3. The van der Waals surface area contributed by atoms with Crippen molar-refractivity contribution in [3.8, 4) is 0 Å². The highest BCUT2D eigenvalue weighted by Crippen LogP contribution is 2.21. The van der Waals surface area contributed by atoms with E-state index in [0.717, 1.165) is 12.1 Å². The zero-order valence-electron chi connectivity index (χ0n) is 10.8. The van der Waals surface area contributed by atoms with Gasteiger partial charge in [0.2, 0.25) is 5.91 Å². The molecule has 2 rings (SSSR count). The van der Waals surface area contributed by atoms with Gasteiger partial charge in [-0.2, -0.15) is 0 Å². The van der Waals surface area contributed by atoms with Crippen LogP contribution in [0.25, 0.3) is 0 Å². The van der Waals surface area contributed by atoms with Crippen LogP contribution in [-0.4, -0.2) is 10.9 Å². The summed E-state index contributed by atoms with van der Waals surface area (Å²) < 4.78 is 0. The molecule has 5 heteroatoms. The molecule has 0 fully saturated rings. The smallest absolute Gasteiger partial charge is 0.226 e. The van der Waals surface area contributed by atoms with E-state index in [4.69, 9.17) is 5.73 Å². The Kier molecular flexibility index (Phi) is 4.52. The van der Waals surface area contributed by atoms with Gasteiger partial charge in [-0.15, -0.1) is 11.3 Å². The maximum absolute atomic E-state index is 12.0. The number of hydrogen-bond donors (Lipinski definition) is 2. The first kappa shape index (κ1) is 13.5. The van der Waals surface area contributed by atoms with Crippen LogP contribution in [-0.2, 0) is 11.2 Å². The number of rotatable bonds is 5. The molecule has 1 unspecified atom stereocenters. The third kappa shape index (κ3) is 3.79. The van der Waals surface area contributed by atoms with Crippen LogP contribution < -0.4 is 11.1 Å². The van der Waals surface area contributed by atoms with Crippen molar-refractivity contribution in [2.24, 2.45) is 0 Å². The van der Waals surface area contributed by atoms with Crippen molar-refractivity contribution in [2.45, 2.75) is 25.8 Å². The molecule has 2 heterocycles. The van der Waals surface area contributed by atoms with Gasteiger partial charge in [-0.25, -0.2) is 0 Å². The molecule has 0 saturated heterocycles. The number of nitrogen functional groups attached to an aromatic ring is 1. The van der Waals surface area contributed by atoms with E-state index in [1.54, 1.807) is 29.7 Å². The molecular formula is C14H17N3OS. The summed E-state index contributed by atoms with van der Waals surface area (Å²) in [5.74, 6) is -0.0162. The van der Waals surface area contributed by atoms with Crippen molar-refractivity contribution in [1.29, 1.82) is 0 Å². The summed E-state index contributed by atoms with van der Waals surface area (Å²) in [6.07, 6.45) is 2.72. The van der Waals surface area contributed by atoms with E-state index in [0.29, 0.717) is 5.69 Å². The van der Waals surface area contributed by atoms with Crippen molar-refractivity contribution in [3.63, 3.8) is 0 Å². The number of thiophene rings is 1. The fraction of sp³-hybridized carbons (Fsp3) is 0.286. The van der Waals surface area contributed by atoms with E-state index in [-0.39, 0.29) is 18.4 Å². The van der Waals surface area contributed by atoms with Gasteiger partial charge in [-0.1, -0.05) is 13.0 Å². The summed E-state index contributed by atoms with van der Waals surface area (Å²) in [7, 11) is 0. The second-order valence-corrected chi connectivity index (χ2v) is 5.28. The number of amides is 1. The van der Waals surface area contributed by atoms with Gasteiger partial charge >= 0.3 is 0 Å². The molecule has 1 amide bonds. The van der Waals surface area contributed by atoms with Gasteiger partial charge < -0.3 is 11.1 Å². The Balaban J connectivity index is 1.95. The maximum atomic E-state index is 12.0. The number of anilines is 1. The fourth-order valence-electron chi connectivity index (χ4n) is 1.81. The Bertz CT molecular complexity index is 522. The molecular weight excluding hydrogens is 258 g/mol. The first-order valence-electron chi connectivity index (χ1n) is 6.22. The number of hydrogen-bond acceptors (Lipinski definition) is 4. The van der Waals surface area contributed by atoms with Crippen molar-refractivity contribution in [3.05, 3.63) is 46.4 Å². The topological polar surface area (TPSA) is 68.0 Å². The molecule has 0 radical (unpaired) electrons. The van der Waals surface area contributed by atoms with Crippen LogP contribution >= 0.6 is 11.3 Å². The molecule has 0 saturated carbocycles. The van der Waals surface area contributed by atoms with Gasteiger partial charge in [0.15, 0.2) is 0 Å². The minimum absolute atomic E-state index is 0.0162. The third-order valence-corrected chi connectivity index (χ3v) is 3.81. The van der Waals surface area contributed by atoms with Gasteiger partial charge in [0, 0.05) is 10.6 Å². The van der Waals surface area contributed by atoms with Crippen LogP contribution in [0.2, 0.25) is 0 Å². The van der Waals surface area contributed by atoms with E-state index < -0.39 is 0 Å². The molecule has 2 aromatic heterocycles. The van der Waals surface area contributed by atoms with Gasteiger partial charge in [-0.05, 0) is 30.0 Å². The van der Waals surface area contributed by atoms with Crippen LogP contribution in [0, 0.1) is 0 Å². The molecule has 0 aromatic carbocycles. The average Bonchev–Trinajstić information content (AvgIpc) is 2.92. The van der Waals surface area contributed by atoms with E-state index in [2.05, 4.69) is 17.2 Å². The molecule has 0 spiro atoms. The van der Waals surface area contributed by atoms with Crippen LogP contribution in [0.4, 0.5) is 5.69 Å². The monoisotopic (exact) mass is 275 g/mol. The zero-order chi connectivity index (χ0) is 13.7.